The first-order valence-electron chi connectivity index (χ1n) is 9.85. The molecule has 0 amide bonds. The molecule has 0 radical (unpaired) electrons. The average Bonchev–Trinajstić information content (AvgIpc) is 3.40. The van der Waals surface area contributed by atoms with Gasteiger partial charge in [0, 0.05) is 57.9 Å². The van der Waals surface area contributed by atoms with Gasteiger partial charge in [-0.25, -0.2) is 0 Å². The molecule has 0 atom stereocenters. The van der Waals surface area contributed by atoms with Gasteiger partial charge in [0.25, 0.3) is 0 Å². The maximum Gasteiger partial charge on any atom is 0.0457 e. The molecule has 3 nitrogen and oxygen atoms in total. The number of benzene rings is 3. The molecular weight excluding hydrogens is 354 g/mol. The normalized spacial score (nSPS) is 11.8. The van der Waals surface area contributed by atoms with E-state index in [9.17, 15) is 0 Å². The van der Waals surface area contributed by atoms with Crippen molar-refractivity contribution in [2.24, 2.45) is 0 Å². The van der Waals surface area contributed by atoms with Crippen molar-refractivity contribution in [3.63, 3.8) is 0 Å². The van der Waals surface area contributed by atoms with Gasteiger partial charge < -0.3 is 9.97 Å². The number of hydrogen-bond acceptors (Lipinski definition) is 1. The van der Waals surface area contributed by atoms with Gasteiger partial charge in [-0.2, -0.15) is 0 Å². The molecule has 6 aromatic rings. The van der Waals surface area contributed by atoms with Crippen LogP contribution in [0.5, 0.6) is 0 Å². The first-order valence-corrected chi connectivity index (χ1v) is 9.85. The summed E-state index contributed by atoms with van der Waals surface area (Å²) in [7, 11) is 0. The quantitative estimate of drug-likeness (QED) is 0.371. The maximum absolute atomic E-state index is 4.33. The first-order chi connectivity index (χ1) is 14.4. The van der Waals surface area contributed by atoms with E-state index in [1.807, 2.05) is 12.4 Å². The number of nitrogens with zero attached hydrogens (tertiary/aromatic N) is 1. The van der Waals surface area contributed by atoms with E-state index in [0.717, 1.165) is 16.4 Å². The smallest absolute Gasteiger partial charge is 0.0457 e. The fourth-order valence-corrected chi connectivity index (χ4v) is 4.57. The summed E-state index contributed by atoms with van der Waals surface area (Å²) >= 11 is 0. The molecule has 0 bridgehead atoms. The van der Waals surface area contributed by atoms with Gasteiger partial charge in [0.15, 0.2) is 0 Å². The third-order valence-electron chi connectivity index (χ3n) is 5.89. The van der Waals surface area contributed by atoms with Gasteiger partial charge in [-0.15, -0.1) is 0 Å². The molecule has 0 spiro atoms. The largest absolute Gasteiger partial charge is 0.361 e. The number of pyridine rings is 1. The molecule has 3 heterocycles. The van der Waals surface area contributed by atoms with Crippen LogP contribution in [0.2, 0.25) is 0 Å². The summed E-state index contributed by atoms with van der Waals surface area (Å²) < 4.78 is 0. The highest BCUT2D eigenvalue weighted by Crippen LogP contribution is 2.41. The van der Waals surface area contributed by atoms with Gasteiger partial charge >= 0.3 is 0 Å². The van der Waals surface area contributed by atoms with Crippen LogP contribution in [0.15, 0.2) is 97.6 Å². The summed E-state index contributed by atoms with van der Waals surface area (Å²) in [4.78, 5) is 11.3. The number of nitrogens with one attached hydrogen (secondary N) is 2. The predicted molar refractivity (Wildman–Crippen MR) is 119 cm³/mol. The van der Waals surface area contributed by atoms with E-state index in [1.165, 1.54) is 32.8 Å². The summed E-state index contributed by atoms with van der Waals surface area (Å²) in [5.74, 6) is 0.105. The summed E-state index contributed by atoms with van der Waals surface area (Å²) in [5, 5.41) is 4.92. The SMILES string of the molecule is c1cc(C(c2c[nH]c3ccccc23)c2c[nH]c3ccccc23)c2ccncc2c1. The summed E-state index contributed by atoms with van der Waals surface area (Å²) in [6.45, 7) is 0. The van der Waals surface area contributed by atoms with E-state index in [-0.39, 0.29) is 5.92 Å². The number of fused-ring (bicyclic) bond motifs is 3. The van der Waals surface area contributed by atoms with Crippen molar-refractivity contribution in [2.45, 2.75) is 5.92 Å². The van der Waals surface area contributed by atoms with Crippen LogP contribution in [0.1, 0.15) is 22.6 Å². The van der Waals surface area contributed by atoms with Crippen LogP contribution in [0, 0.1) is 0 Å². The molecule has 0 unspecified atom stereocenters. The lowest BCUT2D eigenvalue weighted by Crippen LogP contribution is -2.03. The Kier molecular flexibility index (Phi) is 3.53. The van der Waals surface area contributed by atoms with E-state index < -0.39 is 0 Å². The Labute approximate surface area is 168 Å². The Hall–Kier alpha value is -3.85. The van der Waals surface area contributed by atoms with E-state index in [1.54, 1.807) is 0 Å². The Balaban J connectivity index is 1.71. The van der Waals surface area contributed by atoms with Crippen molar-refractivity contribution in [1.82, 2.24) is 15.0 Å². The third-order valence-corrected chi connectivity index (χ3v) is 5.89. The molecular formula is C26H19N3. The molecule has 6 rings (SSSR count). The second-order valence-electron chi connectivity index (χ2n) is 7.46. The maximum atomic E-state index is 4.33. The minimum absolute atomic E-state index is 0.105. The highest BCUT2D eigenvalue weighted by atomic mass is 14.7. The zero-order valence-electron chi connectivity index (χ0n) is 15.8. The Bertz CT molecular complexity index is 1390. The van der Waals surface area contributed by atoms with Gasteiger partial charge in [0.05, 0.1) is 0 Å². The molecule has 0 aliphatic heterocycles. The molecule has 0 fully saturated rings. The Morgan fingerprint density at radius 2 is 1.24 bits per heavy atom. The van der Waals surface area contributed by atoms with Crippen LogP contribution in [0.4, 0.5) is 0 Å². The molecule has 3 aromatic carbocycles. The highest BCUT2D eigenvalue weighted by Gasteiger charge is 2.24. The summed E-state index contributed by atoms with van der Waals surface area (Å²) in [5.41, 5.74) is 6.19. The van der Waals surface area contributed by atoms with Crippen LogP contribution in [-0.4, -0.2) is 15.0 Å². The fourth-order valence-electron chi connectivity index (χ4n) is 4.57. The van der Waals surface area contributed by atoms with E-state index in [2.05, 4.69) is 100 Å². The van der Waals surface area contributed by atoms with Gasteiger partial charge in [0.2, 0.25) is 0 Å². The number of aromatic amines is 2. The number of para-hydroxylation sites is 2. The average molecular weight is 373 g/mol. The monoisotopic (exact) mass is 373 g/mol. The Morgan fingerprint density at radius 1 is 0.586 bits per heavy atom. The minimum atomic E-state index is 0.105. The van der Waals surface area contributed by atoms with Gasteiger partial charge in [-0.1, -0.05) is 54.6 Å². The molecule has 0 saturated heterocycles. The number of aromatic nitrogens is 3. The van der Waals surface area contributed by atoms with Crippen LogP contribution < -0.4 is 0 Å². The van der Waals surface area contributed by atoms with E-state index in [4.69, 9.17) is 0 Å². The van der Waals surface area contributed by atoms with Crippen LogP contribution >= 0.6 is 0 Å². The van der Waals surface area contributed by atoms with Crippen molar-refractivity contribution >= 4 is 32.6 Å². The topological polar surface area (TPSA) is 44.5 Å². The van der Waals surface area contributed by atoms with Crippen LogP contribution in [0.3, 0.4) is 0 Å². The molecule has 3 heteroatoms. The van der Waals surface area contributed by atoms with E-state index >= 15 is 0 Å². The minimum Gasteiger partial charge on any atom is -0.361 e. The van der Waals surface area contributed by atoms with Crippen molar-refractivity contribution < 1.29 is 0 Å². The Morgan fingerprint density at radius 3 is 1.93 bits per heavy atom. The second-order valence-corrected chi connectivity index (χ2v) is 7.46. The zero-order valence-corrected chi connectivity index (χ0v) is 15.8. The van der Waals surface area contributed by atoms with Gasteiger partial charge in [-0.05, 0) is 40.3 Å². The summed E-state index contributed by atoms with van der Waals surface area (Å²) in [6.07, 6.45) is 8.15. The standard InChI is InChI=1S/C26H19N3/c1-3-10-24-19(7-1)22(15-28-24)26(23-16-29-25-11-4-2-8-20(23)25)21-9-5-6-17-14-27-13-12-18(17)21/h1-16,26,28-29H. The first kappa shape index (κ1) is 16.1. The lowest BCUT2D eigenvalue weighted by molar-refractivity contribution is 1.01. The molecule has 2 N–H and O–H groups in total. The lowest BCUT2D eigenvalue weighted by atomic mass is 9.83. The molecule has 0 saturated carbocycles. The third kappa shape index (κ3) is 2.48. The van der Waals surface area contributed by atoms with Gasteiger partial charge in [-0.3, -0.25) is 4.98 Å². The number of hydrogen-bond donors (Lipinski definition) is 2. The molecule has 0 aliphatic carbocycles. The zero-order chi connectivity index (χ0) is 19.2. The van der Waals surface area contributed by atoms with E-state index in [0.29, 0.717) is 0 Å². The number of H-pyrrole nitrogens is 2. The predicted octanol–water partition coefficient (Wildman–Crippen LogP) is 6.38. The fraction of sp³-hybridized carbons (Fsp3) is 0.0385. The molecule has 138 valence electrons. The molecule has 29 heavy (non-hydrogen) atoms. The lowest BCUT2D eigenvalue weighted by Gasteiger charge is -2.19. The number of rotatable bonds is 3. The molecule has 0 aliphatic rings. The van der Waals surface area contributed by atoms with Crippen molar-refractivity contribution in [2.75, 3.05) is 0 Å². The summed E-state index contributed by atoms with van der Waals surface area (Å²) in [6, 6.07) is 25.7. The molecule has 3 aromatic heterocycles. The van der Waals surface area contributed by atoms with Crippen molar-refractivity contribution in [3.05, 3.63) is 114 Å². The van der Waals surface area contributed by atoms with Crippen LogP contribution in [0.25, 0.3) is 32.6 Å². The second kappa shape index (κ2) is 6.35. The van der Waals surface area contributed by atoms with Crippen LogP contribution in [-0.2, 0) is 0 Å². The van der Waals surface area contributed by atoms with Gasteiger partial charge in [0.1, 0.15) is 0 Å². The van der Waals surface area contributed by atoms with Crippen molar-refractivity contribution in [1.29, 1.82) is 0 Å². The highest BCUT2D eigenvalue weighted by molar-refractivity contribution is 5.92. The van der Waals surface area contributed by atoms with Crippen molar-refractivity contribution in [3.8, 4) is 0 Å².